The third-order valence-electron chi connectivity index (χ3n) is 4.37. The fraction of sp³-hybridized carbons (Fsp3) is 0.143. The zero-order valence-corrected chi connectivity index (χ0v) is 13.9. The van der Waals surface area contributed by atoms with Gasteiger partial charge in [-0.3, -0.25) is 9.98 Å². The van der Waals surface area contributed by atoms with Crippen molar-refractivity contribution in [2.24, 2.45) is 4.99 Å². The van der Waals surface area contributed by atoms with Crippen molar-refractivity contribution in [3.05, 3.63) is 76.9 Å². The van der Waals surface area contributed by atoms with Gasteiger partial charge in [0.2, 0.25) is 0 Å². The molecule has 24 heavy (non-hydrogen) atoms. The number of aromatic nitrogens is 1. The van der Waals surface area contributed by atoms with Gasteiger partial charge < -0.3 is 4.90 Å². The third kappa shape index (κ3) is 2.58. The van der Waals surface area contributed by atoms with Gasteiger partial charge in [0.05, 0.1) is 11.1 Å². The molecule has 0 amide bonds. The van der Waals surface area contributed by atoms with Gasteiger partial charge in [-0.1, -0.05) is 36.4 Å². The minimum Gasteiger partial charge on any atom is -0.361 e. The van der Waals surface area contributed by atoms with E-state index in [2.05, 4.69) is 76.5 Å². The Morgan fingerprint density at radius 1 is 0.958 bits per heavy atom. The van der Waals surface area contributed by atoms with Crippen molar-refractivity contribution in [1.29, 1.82) is 0 Å². The number of pyridine rings is 1. The van der Waals surface area contributed by atoms with E-state index in [-0.39, 0.29) is 0 Å². The lowest BCUT2D eigenvalue weighted by molar-refractivity contribution is 0.498. The Bertz CT molecular complexity index is 1020. The van der Waals surface area contributed by atoms with Crippen LogP contribution in [0.2, 0.25) is 0 Å². The van der Waals surface area contributed by atoms with Gasteiger partial charge >= 0.3 is 0 Å². The van der Waals surface area contributed by atoms with Crippen LogP contribution >= 0.6 is 0 Å². The molecule has 0 saturated heterocycles. The molecule has 0 aliphatic carbocycles. The maximum Gasteiger partial charge on any atom is 0.110 e. The van der Waals surface area contributed by atoms with Gasteiger partial charge in [0, 0.05) is 35.8 Å². The van der Waals surface area contributed by atoms with Crippen molar-refractivity contribution in [2.45, 2.75) is 6.92 Å². The highest BCUT2D eigenvalue weighted by Gasteiger charge is 2.11. The lowest BCUT2D eigenvalue weighted by Crippen LogP contribution is -2.34. The smallest absolute Gasteiger partial charge is 0.110 e. The monoisotopic (exact) mass is 313 g/mol. The van der Waals surface area contributed by atoms with Crippen molar-refractivity contribution in [1.82, 2.24) is 9.88 Å². The van der Waals surface area contributed by atoms with Crippen molar-refractivity contribution in [2.75, 3.05) is 13.7 Å². The first kappa shape index (κ1) is 14.6. The Morgan fingerprint density at radius 3 is 2.67 bits per heavy atom. The Morgan fingerprint density at radius 2 is 1.79 bits per heavy atom. The van der Waals surface area contributed by atoms with Crippen LogP contribution in [-0.2, 0) is 0 Å². The summed E-state index contributed by atoms with van der Waals surface area (Å²) in [6.07, 6.45) is 4.01. The second-order valence-electron chi connectivity index (χ2n) is 6.17. The second kappa shape index (κ2) is 5.93. The highest BCUT2D eigenvalue weighted by atomic mass is 15.2. The van der Waals surface area contributed by atoms with Crippen LogP contribution in [0, 0.1) is 6.92 Å². The van der Waals surface area contributed by atoms with Crippen LogP contribution in [0.5, 0.6) is 0 Å². The molecule has 1 aliphatic heterocycles. The molecule has 0 N–H and O–H groups in total. The number of hydrogen-bond acceptors (Lipinski definition) is 3. The molecule has 3 aromatic rings. The molecule has 3 nitrogen and oxygen atoms in total. The molecule has 4 rings (SSSR count). The molecule has 0 unspecified atom stereocenters. The quantitative estimate of drug-likeness (QED) is 0.728. The van der Waals surface area contributed by atoms with Crippen molar-refractivity contribution in [3.63, 3.8) is 0 Å². The second-order valence-corrected chi connectivity index (χ2v) is 6.17. The summed E-state index contributed by atoms with van der Waals surface area (Å²) < 4.78 is 0. The first-order chi connectivity index (χ1) is 11.7. The molecular formula is C21H19N3. The van der Waals surface area contributed by atoms with E-state index >= 15 is 0 Å². The van der Waals surface area contributed by atoms with Crippen LogP contribution in [-0.4, -0.2) is 23.6 Å². The molecule has 0 radical (unpaired) electrons. The van der Waals surface area contributed by atoms with Gasteiger partial charge in [0.15, 0.2) is 0 Å². The number of fused-ring (bicyclic) bond motifs is 1. The van der Waals surface area contributed by atoms with Gasteiger partial charge in [0.25, 0.3) is 0 Å². The topological polar surface area (TPSA) is 28.5 Å². The molecular weight excluding hydrogens is 294 g/mol. The summed E-state index contributed by atoms with van der Waals surface area (Å²) >= 11 is 0. The Hall–Kier alpha value is -2.94. The van der Waals surface area contributed by atoms with E-state index in [0.717, 1.165) is 21.8 Å². The zero-order chi connectivity index (χ0) is 16.5. The molecule has 0 atom stereocenters. The lowest BCUT2D eigenvalue weighted by atomic mass is 9.96. The van der Waals surface area contributed by atoms with Crippen LogP contribution < -0.4 is 10.6 Å². The summed E-state index contributed by atoms with van der Waals surface area (Å²) in [6, 6.07) is 19.0. The van der Waals surface area contributed by atoms with E-state index in [4.69, 9.17) is 0 Å². The van der Waals surface area contributed by atoms with Gasteiger partial charge in [-0.25, -0.2) is 0 Å². The number of benzene rings is 2. The van der Waals surface area contributed by atoms with Crippen molar-refractivity contribution in [3.8, 4) is 22.4 Å². The summed E-state index contributed by atoms with van der Waals surface area (Å²) in [5.41, 5.74) is 5.75. The highest BCUT2D eigenvalue weighted by molar-refractivity contribution is 5.81. The largest absolute Gasteiger partial charge is 0.361 e. The number of hydrogen-bond donors (Lipinski definition) is 0. The van der Waals surface area contributed by atoms with Crippen LogP contribution in [0.1, 0.15) is 5.56 Å². The fourth-order valence-electron chi connectivity index (χ4n) is 3.13. The predicted octanol–water partition coefficient (Wildman–Crippen LogP) is 2.98. The fourth-order valence-corrected chi connectivity index (χ4v) is 3.13. The van der Waals surface area contributed by atoms with Crippen LogP contribution in [0.15, 0.2) is 65.8 Å². The maximum atomic E-state index is 4.67. The number of rotatable bonds is 2. The molecule has 0 saturated carbocycles. The maximum absolute atomic E-state index is 4.67. The van der Waals surface area contributed by atoms with E-state index in [1.807, 2.05) is 19.3 Å². The van der Waals surface area contributed by atoms with Gasteiger partial charge in [0.1, 0.15) is 6.67 Å². The van der Waals surface area contributed by atoms with E-state index in [1.54, 1.807) is 0 Å². The molecule has 1 aromatic heterocycles. The van der Waals surface area contributed by atoms with Crippen LogP contribution in [0.4, 0.5) is 0 Å². The molecule has 3 heteroatoms. The van der Waals surface area contributed by atoms with E-state index in [0.29, 0.717) is 6.67 Å². The first-order valence-electron chi connectivity index (χ1n) is 8.10. The minimum absolute atomic E-state index is 0.716. The van der Waals surface area contributed by atoms with Crippen LogP contribution in [0.25, 0.3) is 28.6 Å². The summed E-state index contributed by atoms with van der Waals surface area (Å²) in [5, 5.41) is 2.21. The van der Waals surface area contributed by atoms with E-state index < -0.39 is 0 Å². The predicted molar refractivity (Wildman–Crippen MR) is 97.7 cm³/mol. The zero-order valence-electron chi connectivity index (χ0n) is 13.9. The van der Waals surface area contributed by atoms with Gasteiger partial charge in [-0.15, -0.1) is 0 Å². The van der Waals surface area contributed by atoms with E-state index in [9.17, 15) is 0 Å². The number of nitrogens with zero attached hydrogens (tertiary/aromatic N) is 3. The molecule has 0 spiro atoms. The third-order valence-corrected chi connectivity index (χ3v) is 4.37. The van der Waals surface area contributed by atoms with Crippen molar-refractivity contribution >= 4 is 6.20 Å². The first-order valence-corrected chi connectivity index (χ1v) is 8.10. The normalized spacial score (nSPS) is 13.0. The molecule has 2 aromatic carbocycles. The van der Waals surface area contributed by atoms with E-state index in [1.165, 1.54) is 16.7 Å². The van der Waals surface area contributed by atoms with Crippen LogP contribution in [0.3, 0.4) is 0 Å². The SMILES string of the molecule is Cc1ccccc1-c1ncccc1-c1ccc2c(c1)=CN(C)CN=2. The molecule has 118 valence electrons. The minimum atomic E-state index is 0.716. The van der Waals surface area contributed by atoms with Gasteiger partial charge in [-0.2, -0.15) is 0 Å². The Kier molecular flexibility index (Phi) is 3.62. The summed E-state index contributed by atoms with van der Waals surface area (Å²) in [5.74, 6) is 0. The molecule has 0 fully saturated rings. The highest BCUT2D eigenvalue weighted by Crippen LogP contribution is 2.31. The molecule has 1 aliphatic rings. The molecule has 0 bridgehead atoms. The molecule has 2 heterocycles. The summed E-state index contributed by atoms with van der Waals surface area (Å²) in [7, 11) is 2.04. The number of aryl methyl sites for hydroxylation is 1. The average Bonchev–Trinajstić information content (AvgIpc) is 2.61. The van der Waals surface area contributed by atoms with Crippen molar-refractivity contribution < 1.29 is 0 Å². The van der Waals surface area contributed by atoms with Gasteiger partial charge in [-0.05, 0) is 36.2 Å². The lowest BCUT2D eigenvalue weighted by Gasteiger charge is -2.15. The Labute approximate surface area is 141 Å². The summed E-state index contributed by atoms with van der Waals surface area (Å²) in [6.45, 7) is 2.84. The standard InChI is InChI=1S/C21H19N3/c1-15-6-3-4-7-18(15)21-19(8-5-11-22-21)16-9-10-20-17(12-16)13-24(2)14-23-20/h3-13H,14H2,1-2H3. The summed E-state index contributed by atoms with van der Waals surface area (Å²) in [4.78, 5) is 11.3. The Balaban J connectivity index is 1.92. The average molecular weight is 313 g/mol.